The lowest BCUT2D eigenvalue weighted by atomic mass is 10.2. The third-order valence-electron chi connectivity index (χ3n) is 1.65. The number of alkyl halides is 1. The normalized spacial score (nSPS) is 10.3. The summed E-state index contributed by atoms with van der Waals surface area (Å²) in [7, 11) is 0. The summed E-state index contributed by atoms with van der Waals surface area (Å²) in [6, 6.07) is 8.09. The van der Waals surface area contributed by atoms with E-state index in [9.17, 15) is 4.39 Å². The Morgan fingerprint density at radius 1 is 1.31 bits per heavy atom. The topological polar surface area (TPSA) is 9.23 Å². The smallest absolute Gasteiger partial charge is 0.113 e. The highest BCUT2D eigenvalue weighted by molar-refractivity contribution is 7.98. The van der Waals surface area contributed by atoms with E-state index in [1.54, 1.807) is 11.8 Å². The molecule has 3 heteroatoms. The molecule has 0 saturated heterocycles. The van der Waals surface area contributed by atoms with Gasteiger partial charge >= 0.3 is 0 Å². The second-order valence-corrected chi connectivity index (χ2v) is 3.47. The minimum atomic E-state index is -0.414. The molecule has 0 N–H and O–H groups in total. The SMILES string of the molecule is CSc1ccc(COCCF)cc1. The third-order valence-corrected chi connectivity index (χ3v) is 2.39. The van der Waals surface area contributed by atoms with E-state index in [-0.39, 0.29) is 6.61 Å². The second kappa shape index (κ2) is 6.00. The highest BCUT2D eigenvalue weighted by Gasteiger charge is 1.93. The van der Waals surface area contributed by atoms with E-state index < -0.39 is 6.67 Å². The lowest BCUT2D eigenvalue weighted by Gasteiger charge is -2.02. The van der Waals surface area contributed by atoms with Crippen molar-refractivity contribution in [3.8, 4) is 0 Å². The minimum absolute atomic E-state index is 0.185. The van der Waals surface area contributed by atoms with Crippen LogP contribution in [0.15, 0.2) is 29.2 Å². The van der Waals surface area contributed by atoms with E-state index >= 15 is 0 Å². The number of benzene rings is 1. The van der Waals surface area contributed by atoms with Gasteiger partial charge in [-0.15, -0.1) is 11.8 Å². The summed E-state index contributed by atoms with van der Waals surface area (Å²) in [6.07, 6.45) is 2.04. The molecule has 0 bridgehead atoms. The summed E-state index contributed by atoms with van der Waals surface area (Å²) >= 11 is 1.71. The fraction of sp³-hybridized carbons (Fsp3) is 0.400. The highest BCUT2D eigenvalue weighted by Crippen LogP contribution is 2.15. The Morgan fingerprint density at radius 3 is 2.54 bits per heavy atom. The van der Waals surface area contributed by atoms with Gasteiger partial charge in [-0.1, -0.05) is 12.1 Å². The molecule has 0 radical (unpaired) electrons. The van der Waals surface area contributed by atoms with Gasteiger partial charge in [-0.05, 0) is 24.0 Å². The van der Waals surface area contributed by atoms with Gasteiger partial charge in [-0.25, -0.2) is 4.39 Å². The Hall–Kier alpha value is -0.540. The summed E-state index contributed by atoms with van der Waals surface area (Å²) in [6.45, 7) is 0.270. The molecule has 72 valence electrons. The monoisotopic (exact) mass is 200 g/mol. The van der Waals surface area contributed by atoms with Crippen molar-refractivity contribution in [2.75, 3.05) is 19.5 Å². The van der Waals surface area contributed by atoms with Crippen LogP contribution < -0.4 is 0 Å². The van der Waals surface area contributed by atoms with Gasteiger partial charge in [0.25, 0.3) is 0 Å². The predicted molar refractivity (Wildman–Crippen MR) is 53.9 cm³/mol. The molecule has 0 heterocycles. The number of rotatable bonds is 5. The molecule has 1 aromatic carbocycles. The maximum absolute atomic E-state index is 11.7. The summed E-state index contributed by atoms with van der Waals surface area (Å²) < 4.78 is 16.7. The molecule has 0 aliphatic carbocycles. The van der Waals surface area contributed by atoms with Crippen LogP contribution in [0.5, 0.6) is 0 Å². The number of thioether (sulfide) groups is 1. The molecule has 0 atom stereocenters. The second-order valence-electron chi connectivity index (χ2n) is 2.59. The summed E-state index contributed by atoms with van der Waals surface area (Å²) in [5.41, 5.74) is 1.09. The molecule has 1 nitrogen and oxygen atoms in total. The van der Waals surface area contributed by atoms with Crippen LogP contribution in [0, 0.1) is 0 Å². The van der Waals surface area contributed by atoms with Crippen molar-refractivity contribution in [3.63, 3.8) is 0 Å². The fourth-order valence-corrected chi connectivity index (χ4v) is 1.37. The first kappa shape index (κ1) is 10.5. The van der Waals surface area contributed by atoms with Crippen LogP contribution in [0.4, 0.5) is 4.39 Å². The zero-order chi connectivity index (χ0) is 9.52. The van der Waals surface area contributed by atoms with E-state index in [1.165, 1.54) is 4.90 Å². The van der Waals surface area contributed by atoms with Gasteiger partial charge < -0.3 is 4.74 Å². The molecular formula is C10H13FOS. The van der Waals surface area contributed by atoms with E-state index in [2.05, 4.69) is 0 Å². The molecule has 0 spiro atoms. The predicted octanol–water partition coefficient (Wildman–Crippen LogP) is 2.89. The lowest BCUT2D eigenvalue weighted by Crippen LogP contribution is -1.96. The Labute approximate surface area is 82.3 Å². The first-order valence-electron chi connectivity index (χ1n) is 4.13. The average Bonchev–Trinajstić information content (AvgIpc) is 2.19. The van der Waals surface area contributed by atoms with Crippen LogP contribution in [0.25, 0.3) is 0 Å². The number of halogens is 1. The van der Waals surface area contributed by atoms with Crippen molar-refractivity contribution < 1.29 is 9.13 Å². The van der Waals surface area contributed by atoms with Gasteiger partial charge in [0.2, 0.25) is 0 Å². The maximum atomic E-state index is 11.7. The van der Waals surface area contributed by atoms with Crippen LogP contribution >= 0.6 is 11.8 Å². The Bertz CT molecular complexity index is 235. The van der Waals surface area contributed by atoms with Crippen molar-refractivity contribution in [3.05, 3.63) is 29.8 Å². The van der Waals surface area contributed by atoms with Crippen molar-refractivity contribution in [1.29, 1.82) is 0 Å². The highest BCUT2D eigenvalue weighted by atomic mass is 32.2. The molecule has 0 unspecified atom stereocenters. The molecule has 0 aromatic heterocycles. The number of hydrogen-bond donors (Lipinski definition) is 0. The van der Waals surface area contributed by atoms with Gasteiger partial charge in [0.15, 0.2) is 0 Å². The Morgan fingerprint density at radius 2 is 2.00 bits per heavy atom. The van der Waals surface area contributed by atoms with E-state index in [4.69, 9.17) is 4.74 Å². The maximum Gasteiger partial charge on any atom is 0.113 e. The molecule has 1 aromatic rings. The molecule has 0 amide bonds. The summed E-state index contributed by atoms with van der Waals surface area (Å²) in [5, 5.41) is 0. The molecule has 0 aliphatic heterocycles. The van der Waals surface area contributed by atoms with E-state index in [0.717, 1.165) is 5.56 Å². The van der Waals surface area contributed by atoms with Crippen molar-refractivity contribution >= 4 is 11.8 Å². The fourth-order valence-electron chi connectivity index (χ4n) is 0.966. The van der Waals surface area contributed by atoms with Crippen LogP contribution in [0.2, 0.25) is 0 Å². The number of hydrogen-bond acceptors (Lipinski definition) is 2. The first-order valence-corrected chi connectivity index (χ1v) is 5.36. The molecule has 0 aliphatic rings. The van der Waals surface area contributed by atoms with Crippen molar-refractivity contribution in [2.24, 2.45) is 0 Å². The van der Waals surface area contributed by atoms with Crippen molar-refractivity contribution in [2.45, 2.75) is 11.5 Å². The standard InChI is InChI=1S/C10H13FOS/c1-13-10-4-2-9(3-5-10)8-12-7-6-11/h2-5H,6-8H2,1H3. The molecule has 13 heavy (non-hydrogen) atoms. The summed E-state index contributed by atoms with van der Waals surface area (Å²) in [5.74, 6) is 0. The molecule has 0 fully saturated rings. The van der Waals surface area contributed by atoms with Gasteiger partial charge in [0, 0.05) is 4.90 Å². The molecular weight excluding hydrogens is 187 g/mol. The van der Waals surface area contributed by atoms with Crippen molar-refractivity contribution in [1.82, 2.24) is 0 Å². The van der Waals surface area contributed by atoms with Crippen LogP contribution in [-0.2, 0) is 11.3 Å². The Kier molecular flexibility index (Phi) is 4.86. The van der Waals surface area contributed by atoms with E-state index in [1.807, 2.05) is 30.5 Å². The van der Waals surface area contributed by atoms with Crippen LogP contribution in [0.3, 0.4) is 0 Å². The lowest BCUT2D eigenvalue weighted by molar-refractivity contribution is 0.106. The zero-order valence-corrected chi connectivity index (χ0v) is 8.44. The molecule has 1 rings (SSSR count). The quantitative estimate of drug-likeness (QED) is 0.534. The Balaban J connectivity index is 2.40. The summed E-state index contributed by atoms with van der Waals surface area (Å²) in [4.78, 5) is 1.23. The van der Waals surface area contributed by atoms with Gasteiger partial charge in [0.05, 0.1) is 13.2 Å². The number of ether oxygens (including phenoxy) is 1. The van der Waals surface area contributed by atoms with Crippen LogP contribution in [0.1, 0.15) is 5.56 Å². The van der Waals surface area contributed by atoms with E-state index in [0.29, 0.717) is 6.61 Å². The largest absolute Gasteiger partial charge is 0.374 e. The molecule has 0 saturated carbocycles. The van der Waals surface area contributed by atoms with Crippen LogP contribution in [-0.4, -0.2) is 19.5 Å². The van der Waals surface area contributed by atoms with Gasteiger partial charge in [-0.3, -0.25) is 0 Å². The minimum Gasteiger partial charge on any atom is -0.374 e. The zero-order valence-electron chi connectivity index (χ0n) is 7.63. The van der Waals surface area contributed by atoms with Gasteiger partial charge in [0.1, 0.15) is 6.67 Å². The van der Waals surface area contributed by atoms with Gasteiger partial charge in [-0.2, -0.15) is 0 Å². The third kappa shape index (κ3) is 3.79. The first-order chi connectivity index (χ1) is 6.36. The average molecular weight is 200 g/mol.